The number of anilines is 2. The second-order valence-corrected chi connectivity index (χ2v) is 7.36. The van der Waals surface area contributed by atoms with Crippen LogP contribution in [0, 0.1) is 18.3 Å². The normalized spacial score (nSPS) is 15.5. The predicted molar refractivity (Wildman–Crippen MR) is 90.0 cm³/mol. The van der Waals surface area contributed by atoms with Crippen LogP contribution in [0.3, 0.4) is 0 Å². The average molecular weight is 324 g/mol. The number of hydrogen-bond acceptors (Lipinski definition) is 4. The first-order valence-corrected chi connectivity index (χ1v) is 8.81. The molecule has 1 aliphatic rings. The van der Waals surface area contributed by atoms with Crippen molar-refractivity contribution in [2.75, 3.05) is 4.90 Å². The lowest BCUT2D eigenvalue weighted by atomic mass is 10.1. The van der Waals surface area contributed by atoms with Crippen LogP contribution in [0.25, 0.3) is 0 Å². The summed E-state index contributed by atoms with van der Waals surface area (Å²) < 4.78 is 25.0. The average Bonchev–Trinajstić information content (AvgIpc) is 2.55. The zero-order valence-corrected chi connectivity index (χ0v) is 13.8. The lowest BCUT2D eigenvalue weighted by Crippen LogP contribution is -2.21. The molecule has 5 heteroatoms. The van der Waals surface area contributed by atoms with E-state index < -0.39 is 9.84 Å². The standard InChI is InChI=1S/C18H16N2O2S/c1-3-14-5-7-15(8-6-14)20-12-16(11-19)23(21,22)18-9-4-13(2)10-17(18)20/h4-10,12H,3H2,1-2H3. The summed E-state index contributed by atoms with van der Waals surface area (Å²) in [5.74, 6) is 0. The van der Waals surface area contributed by atoms with Crippen LogP contribution in [0.4, 0.5) is 11.4 Å². The molecule has 1 aliphatic heterocycles. The smallest absolute Gasteiger partial charge is 0.220 e. The van der Waals surface area contributed by atoms with Crippen LogP contribution in [0.15, 0.2) is 58.5 Å². The molecule has 0 amide bonds. The number of sulfone groups is 1. The minimum Gasteiger partial charge on any atom is -0.314 e. The van der Waals surface area contributed by atoms with Crippen LogP contribution in [0.5, 0.6) is 0 Å². The van der Waals surface area contributed by atoms with Crippen molar-refractivity contribution in [1.29, 1.82) is 5.26 Å². The lowest BCUT2D eigenvalue weighted by molar-refractivity contribution is 0.602. The Labute approximate surface area is 136 Å². The van der Waals surface area contributed by atoms with E-state index in [4.69, 9.17) is 0 Å². The van der Waals surface area contributed by atoms with Gasteiger partial charge >= 0.3 is 0 Å². The first-order chi connectivity index (χ1) is 11.0. The van der Waals surface area contributed by atoms with E-state index in [1.807, 2.05) is 37.3 Å². The molecule has 3 rings (SSSR count). The molecule has 116 valence electrons. The topological polar surface area (TPSA) is 61.2 Å². The van der Waals surface area contributed by atoms with Crippen molar-refractivity contribution in [3.05, 3.63) is 64.7 Å². The number of allylic oxidation sites excluding steroid dienone is 1. The van der Waals surface area contributed by atoms with Gasteiger partial charge < -0.3 is 4.90 Å². The molecule has 0 atom stereocenters. The summed E-state index contributed by atoms with van der Waals surface area (Å²) >= 11 is 0. The number of nitriles is 1. The van der Waals surface area contributed by atoms with E-state index in [-0.39, 0.29) is 9.80 Å². The zero-order chi connectivity index (χ0) is 16.6. The third-order valence-electron chi connectivity index (χ3n) is 3.93. The maximum atomic E-state index is 12.5. The molecular weight excluding hydrogens is 308 g/mol. The summed E-state index contributed by atoms with van der Waals surface area (Å²) in [6, 6.07) is 14.8. The molecule has 4 nitrogen and oxygen atoms in total. The van der Waals surface area contributed by atoms with Gasteiger partial charge in [-0.25, -0.2) is 8.42 Å². The molecule has 0 fully saturated rings. The molecule has 0 saturated heterocycles. The van der Waals surface area contributed by atoms with Crippen LogP contribution in [0.1, 0.15) is 18.1 Å². The summed E-state index contributed by atoms with van der Waals surface area (Å²) in [4.78, 5) is 1.69. The third kappa shape index (κ3) is 2.51. The van der Waals surface area contributed by atoms with Crippen molar-refractivity contribution in [2.24, 2.45) is 0 Å². The van der Waals surface area contributed by atoms with E-state index in [9.17, 15) is 13.7 Å². The van der Waals surface area contributed by atoms with E-state index in [0.717, 1.165) is 17.7 Å². The number of hydrogen-bond donors (Lipinski definition) is 0. The van der Waals surface area contributed by atoms with Crippen LogP contribution >= 0.6 is 0 Å². The van der Waals surface area contributed by atoms with Gasteiger partial charge in [-0.3, -0.25) is 0 Å². The minimum atomic E-state index is -3.75. The van der Waals surface area contributed by atoms with Crippen LogP contribution in [-0.4, -0.2) is 8.42 Å². The van der Waals surface area contributed by atoms with Gasteiger partial charge in [0.15, 0.2) is 4.91 Å². The van der Waals surface area contributed by atoms with Gasteiger partial charge in [0.05, 0.1) is 10.6 Å². The predicted octanol–water partition coefficient (Wildman–Crippen LogP) is 3.85. The Morgan fingerprint density at radius 3 is 2.43 bits per heavy atom. The van der Waals surface area contributed by atoms with Crippen molar-refractivity contribution in [1.82, 2.24) is 0 Å². The van der Waals surface area contributed by atoms with Crippen molar-refractivity contribution in [3.63, 3.8) is 0 Å². The van der Waals surface area contributed by atoms with E-state index in [1.54, 1.807) is 23.1 Å². The van der Waals surface area contributed by atoms with Crippen molar-refractivity contribution < 1.29 is 8.42 Å². The first-order valence-electron chi connectivity index (χ1n) is 7.33. The maximum absolute atomic E-state index is 12.5. The third-order valence-corrected chi connectivity index (χ3v) is 5.63. The van der Waals surface area contributed by atoms with Gasteiger partial charge in [0.25, 0.3) is 0 Å². The number of aryl methyl sites for hydroxylation is 2. The molecule has 23 heavy (non-hydrogen) atoms. The fourth-order valence-corrected chi connectivity index (χ4v) is 3.89. The van der Waals surface area contributed by atoms with Crippen molar-refractivity contribution >= 4 is 21.2 Å². The van der Waals surface area contributed by atoms with Crippen LogP contribution in [-0.2, 0) is 16.3 Å². The molecule has 0 aromatic heterocycles. The molecule has 0 unspecified atom stereocenters. The van der Waals surface area contributed by atoms with E-state index in [0.29, 0.717) is 5.69 Å². The highest BCUT2D eigenvalue weighted by atomic mass is 32.2. The number of fused-ring (bicyclic) bond motifs is 1. The molecule has 0 N–H and O–H groups in total. The van der Waals surface area contributed by atoms with Gasteiger partial charge in [0.2, 0.25) is 9.84 Å². The highest BCUT2D eigenvalue weighted by molar-refractivity contribution is 7.95. The Hall–Kier alpha value is -2.58. The Kier molecular flexibility index (Phi) is 3.70. The van der Waals surface area contributed by atoms with Gasteiger partial charge in [0.1, 0.15) is 6.07 Å². The molecule has 2 aromatic rings. The molecule has 1 heterocycles. The Balaban J connectivity index is 2.24. The van der Waals surface area contributed by atoms with Gasteiger partial charge in [-0.15, -0.1) is 0 Å². The molecular formula is C18H16N2O2S. The lowest BCUT2D eigenvalue weighted by Gasteiger charge is -2.28. The molecule has 0 bridgehead atoms. The number of rotatable bonds is 2. The van der Waals surface area contributed by atoms with Crippen LogP contribution < -0.4 is 4.90 Å². The highest BCUT2D eigenvalue weighted by Crippen LogP contribution is 2.39. The maximum Gasteiger partial charge on any atom is 0.220 e. The van der Waals surface area contributed by atoms with Crippen molar-refractivity contribution in [2.45, 2.75) is 25.2 Å². The summed E-state index contributed by atoms with van der Waals surface area (Å²) in [5.41, 5.74) is 3.57. The molecule has 0 radical (unpaired) electrons. The van der Waals surface area contributed by atoms with Gasteiger partial charge in [-0.05, 0) is 48.7 Å². The SMILES string of the molecule is CCc1ccc(N2C=C(C#N)S(=O)(=O)c3ccc(C)cc32)cc1. The summed E-state index contributed by atoms with van der Waals surface area (Å²) in [6.45, 7) is 3.99. The number of benzene rings is 2. The fourth-order valence-electron chi connectivity index (χ4n) is 2.61. The second-order valence-electron chi connectivity index (χ2n) is 5.47. The highest BCUT2D eigenvalue weighted by Gasteiger charge is 2.31. The second kappa shape index (κ2) is 5.56. The van der Waals surface area contributed by atoms with E-state index in [1.165, 1.54) is 11.8 Å². The van der Waals surface area contributed by atoms with E-state index >= 15 is 0 Å². The van der Waals surface area contributed by atoms with Gasteiger partial charge in [-0.2, -0.15) is 5.26 Å². The quantitative estimate of drug-likeness (QED) is 0.842. The van der Waals surface area contributed by atoms with Crippen LogP contribution in [0.2, 0.25) is 0 Å². The Morgan fingerprint density at radius 2 is 1.83 bits per heavy atom. The van der Waals surface area contributed by atoms with E-state index in [2.05, 4.69) is 6.92 Å². The molecule has 0 aliphatic carbocycles. The fraction of sp³-hybridized carbons (Fsp3) is 0.167. The summed E-state index contributed by atoms with van der Waals surface area (Å²) in [5, 5.41) is 9.23. The summed E-state index contributed by atoms with van der Waals surface area (Å²) in [6.07, 6.45) is 2.34. The Morgan fingerprint density at radius 1 is 1.13 bits per heavy atom. The Bertz CT molecular complexity index is 936. The zero-order valence-electron chi connectivity index (χ0n) is 12.9. The van der Waals surface area contributed by atoms with Crippen molar-refractivity contribution in [3.8, 4) is 6.07 Å². The largest absolute Gasteiger partial charge is 0.314 e. The van der Waals surface area contributed by atoms with Gasteiger partial charge in [-0.1, -0.05) is 25.1 Å². The molecule has 2 aromatic carbocycles. The summed E-state index contributed by atoms with van der Waals surface area (Å²) in [7, 11) is -3.75. The molecule has 0 saturated carbocycles. The van der Waals surface area contributed by atoms with Gasteiger partial charge in [0, 0.05) is 11.9 Å². The minimum absolute atomic E-state index is 0.168. The monoisotopic (exact) mass is 324 g/mol. The molecule has 0 spiro atoms. The number of nitrogens with zero attached hydrogens (tertiary/aromatic N) is 2. The first kappa shape index (κ1) is 15.3.